The van der Waals surface area contributed by atoms with Gasteiger partial charge in [-0.3, -0.25) is 9.59 Å². The number of methoxy groups -OCH3 is 1. The predicted molar refractivity (Wildman–Crippen MR) is 71.3 cm³/mol. The van der Waals surface area contributed by atoms with Crippen molar-refractivity contribution in [2.75, 3.05) is 13.7 Å². The molecule has 0 spiro atoms. The maximum absolute atomic E-state index is 11.9. The number of hydrogen-bond donors (Lipinski definition) is 0. The first-order valence-corrected chi connectivity index (χ1v) is 6.51. The van der Waals surface area contributed by atoms with Crippen LogP contribution in [0.5, 0.6) is 0 Å². The lowest BCUT2D eigenvalue weighted by molar-refractivity contribution is -0.150. The minimum absolute atomic E-state index is 0.113. The summed E-state index contributed by atoms with van der Waals surface area (Å²) in [5.74, 6) is -0.295. The molecule has 0 unspecified atom stereocenters. The van der Waals surface area contributed by atoms with E-state index < -0.39 is 0 Å². The molecule has 1 saturated heterocycles. The monoisotopic (exact) mass is 261 g/mol. The van der Waals surface area contributed by atoms with Gasteiger partial charge < -0.3 is 9.64 Å². The fourth-order valence-electron chi connectivity index (χ4n) is 2.46. The van der Waals surface area contributed by atoms with Gasteiger partial charge in [0.2, 0.25) is 5.91 Å². The van der Waals surface area contributed by atoms with Crippen LogP contribution in [-0.4, -0.2) is 30.4 Å². The fourth-order valence-corrected chi connectivity index (χ4v) is 2.46. The van der Waals surface area contributed by atoms with E-state index in [1.807, 2.05) is 25.1 Å². The first-order chi connectivity index (χ1) is 9.10. The molecule has 0 radical (unpaired) electrons. The number of piperidine rings is 1. The van der Waals surface area contributed by atoms with Gasteiger partial charge in [0.15, 0.2) is 0 Å². The molecule has 102 valence electrons. The van der Waals surface area contributed by atoms with Gasteiger partial charge in [-0.1, -0.05) is 29.8 Å². The van der Waals surface area contributed by atoms with Crippen molar-refractivity contribution in [3.8, 4) is 0 Å². The number of rotatable bonds is 3. The Hall–Kier alpha value is -1.84. The van der Waals surface area contributed by atoms with Gasteiger partial charge in [-0.2, -0.15) is 0 Å². The second-order valence-corrected chi connectivity index (χ2v) is 5.02. The lowest BCUT2D eigenvalue weighted by Gasteiger charge is -2.31. The van der Waals surface area contributed by atoms with Gasteiger partial charge in [0.25, 0.3) is 0 Å². The maximum Gasteiger partial charge on any atom is 0.310 e. The molecular weight excluding hydrogens is 242 g/mol. The van der Waals surface area contributed by atoms with Gasteiger partial charge >= 0.3 is 5.97 Å². The Bertz CT molecular complexity index is 484. The lowest BCUT2D eigenvalue weighted by Crippen LogP contribution is -2.42. The number of hydrogen-bond acceptors (Lipinski definition) is 3. The first-order valence-electron chi connectivity index (χ1n) is 6.51. The molecule has 1 aliphatic heterocycles. The van der Waals surface area contributed by atoms with Gasteiger partial charge in [0.05, 0.1) is 13.0 Å². The highest BCUT2D eigenvalue weighted by molar-refractivity contribution is 5.81. The highest BCUT2D eigenvalue weighted by Gasteiger charge is 2.30. The van der Waals surface area contributed by atoms with E-state index in [4.69, 9.17) is 4.74 Å². The van der Waals surface area contributed by atoms with Crippen molar-refractivity contribution in [2.24, 2.45) is 5.92 Å². The lowest BCUT2D eigenvalue weighted by atomic mass is 9.97. The molecule has 1 aliphatic rings. The molecule has 1 aromatic carbocycles. The van der Waals surface area contributed by atoms with E-state index in [0.29, 0.717) is 25.9 Å². The summed E-state index contributed by atoms with van der Waals surface area (Å²) in [7, 11) is 1.39. The zero-order chi connectivity index (χ0) is 13.8. The molecule has 0 saturated carbocycles. The van der Waals surface area contributed by atoms with Crippen molar-refractivity contribution in [3.05, 3.63) is 35.4 Å². The molecule has 2 rings (SSSR count). The maximum atomic E-state index is 11.9. The number of amides is 1. The van der Waals surface area contributed by atoms with E-state index in [1.165, 1.54) is 12.7 Å². The third-order valence-corrected chi connectivity index (χ3v) is 3.49. The molecular formula is C15H19NO3. The van der Waals surface area contributed by atoms with Crippen molar-refractivity contribution in [3.63, 3.8) is 0 Å². The molecule has 0 bridgehead atoms. The Balaban J connectivity index is 2.05. The summed E-state index contributed by atoms with van der Waals surface area (Å²) in [6, 6.07) is 8.08. The number of nitrogens with zero attached hydrogens (tertiary/aromatic N) is 1. The average molecular weight is 261 g/mol. The number of likely N-dealkylation sites (tertiary alicyclic amines) is 1. The second-order valence-electron chi connectivity index (χ2n) is 5.02. The van der Waals surface area contributed by atoms with E-state index in [9.17, 15) is 9.59 Å². The predicted octanol–water partition coefficient (Wildman–Crippen LogP) is 1.91. The molecule has 4 heteroatoms. The molecule has 0 aliphatic carbocycles. The molecule has 1 fully saturated rings. The van der Waals surface area contributed by atoms with E-state index in [-0.39, 0.29) is 17.8 Å². The standard InChI is InChI=1S/C15H19NO3/c1-11-4-3-5-12(8-11)9-16-10-13(15(18)19-2)6-7-14(16)17/h3-5,8,13H,6-7,9-10H2,1-2H3/t13-/m0/s1. The van der Waals surface area contributed by atoms with Crippen molar-refractivity contribution in [1.82, 2.24) is 4.90 Å². The normalized spacial score (nSPS) is 19.4. The fraction of sp³-hybridized carbons (Fsp3) is 0.467. The number of benzene rings is 1. The molecule has 0 aromatic heterocycles. The summed E-state index contributed by atoms with van der Waals surface area (Å²) in [6.07, 6.45) is 1.02. The van der Waals surface area contributed by atoms with Crippen LogP contribution in [0.4, 0.5) is 0 Å². The Labute approximate surface area is 113 Å². The second kappa shape index (κ2) is 5.87. The first kappa shape index (κ1) is 13.6. The van der Waals surface area contributed by atoms with Crippen LogP contribution in [0, 0.1) is 12.8 Å². The van der Waals surface area contributed by atoms with Crippen LogP contribution in [0.2, 0.25) is 0 Å². The SMILES string of the molecule is COC(=O)[C@H]1CCC(=O)N(Cc2cccc(C)c2)C1. The largest absolute Gasteiger partial charge is 0.469 e. The molecule has 19 heavy (non-hydrogen) atoms. The van der Waals surface area contributed by atoms with E-state index >= 15 is 0 Å². The van der Waals surface area contributed by atoms with Gasteiger partial charge in [0, 0.05) is 19.5 Å². The summed E-state index contributed by atoms with van der Waals surface area (Å²) >= 11 is 0. The summed E-state index contributed by atoms with van der Waals surface area (Å²) in [6.45, 7) is 3.05. The Morgan fingerprint density at radius 2 is 2.26 bits per heavy atom. The Morgan fingerprint density at radius 1 is 1.47 bits per heavy atom. The smallest absolute Gasteiger partial charge is 0.310 e. The zero-order valence-electron chi connectivity index (χ0n) is 11.4. The molecule has 1 heterocycles. The van der Waals surface area contributed by atoms with Crippen LogP contribution in [0.1, 0.15) is 24.0 Å². The topological polar surface area (TPSA) is 46.6 Å². The van der Waals surface area contributed by atoms with Gasteiger partial charge in [-0.05, 0) is 18.9 Å². The Kier molecular flexibility index (Phi) is 4.20. The summed E-state index contributed by atoms with van der Waals surface area (Å²) in [5.41, 5.74) is 2.27. The van der Waals surface area contributed by atoms with Gasteiger partial charge in [0.1, 0.15) is 0 Å². The summed E-state index contributed by atoms with van der Waals surface area (Å²) in [4.78, 5) is 25.2. The van der Waals surface area contributed by atoms with E-state index in [1.54, 1.807) is 4.90 Å². The van der Waals surface area contributed by atoms with Crippen LogP contribution in [0.15, 0.2) is 24.3 Å². The van der Waals surface area contributed by atoms with Gasteiger partial charge in [-0.15, -0.1) is 0 Å². The molecule has 1 amide bonds. The highest BCUT2D eigenvalue weighted by atomic mass is 16.5. The van der Waals surface area contributed by atoms with Crippen molar-refractivity contribution >= 4 is 11.9 Å². The van der Waals surface area contributed by atoms with Crippen molar-refractivity contribution in [2.45, 2.75) is 26.3 Å². The summed E-state index contributed by atoms with van der Waals surface area (Å²) in [5, 5.41) is 0. The van der Waals surface area contributed by atoms with Crippen LogP contribution in [0.25, 0.3) is 0 Å². The minimum atomic E-state index is -0.221. The van der Waals surface area contributed by atoms with Crippen LogP contribution >= 0.6 is 0 Å². The number of ether oxygens (including phenoxy) is 1. The molecule has 4 nitrogen and oxygen atoms in total. The van der Waals surface area contributed by atoms with Crippen molar-refractivity contribution in [1.29, 1.82) is 0 Å². The third-order valence-electron chi connectivity index (χ3n) is 3.49. The average Bonchev–Trinajstić information content (AvgIpc) is 2.40. The number of aryl methyl sites for hydroxylation is 1. The van der Waals surface area contributed by atoms with Crippen LogP contribution in [0.3, 0.4) is 0 Å². The molecule has 0 N–H and O–H groups in total. The Morgan fingerprint density at radius 3 is 2.95 bits per heavy atom. The zero-order valence-corrected chi connectivity index (χ0v) is 11.4. The third kappa shape index (κ3) is 3.34. The molecule has 1 aromatic rings. The quantitative estimate of drug-likeness (QED) is 0.781. The highest BCUT2D eigenvalue weighted by Crippen LogP contribution is 2.21. The van der Waals surface area contributed by atoms with Crippen LogP contribution in [-0.2, 0) is 20.9 Å². The molecule has 1 atom stereocenters. The van der Waals surface area contributed by atoms with E-state index in [0.717, 1.165) is 5.56 Å². The number of carbonyl (C=O) groups is 2. The van der Waals surface area contributed by atoms with Crippen molar-refractivity contribution < 1.29 is 14.3 Å². The minimum Gasteiger partial charge on any atom is -0.469 e. The van der Waals surface area contributed by atoms with Gasteiger partial charge in [-0.25, -0.2) is 0 Å². The number of carbonyl (C=O) groups excluding carboxylic acids is 2. The van der Waals surface area contributed by atoms with E-state index in [2.05, 4.69) is 6.07 Å². The summed E-state index contributed by atoms with van der Waals surface area (Å²) < 4.78 is 4.77. The van der Waals surface area contributed by atoms with Crippen LogP contribution < -0.4 is 0 Å². The number of esters is 1.